The maximum absolute atomic E-state index is 9.39. The van der Waals surface area contributed by atoms with Crippen LogP contribution in [0.4, 0.5) is 0 Å². The molecule has 1 heterocycles. The summed E-state index contributed by atoms with van der Waals surface area (Å²) in [5.41, 5.74) is 0. The van der Waals surface area contributed by atoms with Crippen molar-refractivity contribution < 1.29 is 19.7 Å². The largest absolute Gasteiger partial charge is 0.394 e. The van der Waals surface area contributed by atoms with Crippen LogP contribution in [-0.2, 0) is 9.47 Å². The number of hydrogen-bond acceptors (Lipinski definition) is 5. The monoisotopic (exact) mass is 208 g/mol. The summed E-state index contributed by atoms with van der Waals surface area (Å²) in [6, 6.07) is 0. The van der Waals surface area contributed by atoms with Crippen molar-refractivity contribution in [1.29, 1.82) is 0 Å². The Kier molecular flexibility index (Phi) is 5.05. The maximum Gasteiger partial charge on any atom is 0.160 e. The second-order valence-electron chi connectivity index (χ2n) is 3.09. The molecule has 5 heteroatoms. The Morgan fingerprint density at radius 2 is 2.23 bits per heavy atom. The lowest BCUT2D eigenvalue weighted by Gasteiger charge is -2.31. The molecule has 3 unspecified atom stereocenters. The van der Waals surface area contributed by atoms with E-state index in [2.05, 4.69) is 12.6 Å². The molecule has 1 rings (SSSR count). The first-order valence-electron chi connectivity index (χ1n) is 4.43. The van der Waals surface area contributed by atoms with Crippen molar-refractivity contribution >= 4 is 12.6 Å². The van der Waals surface area contributed by atoms with E-state index in [1.165, 1.54) is 0 Å². The van der Waals surface area contributed by atoms with Crippen LogP contribution in [0.25, 0.3) is 0 Å². The van der Waals surface area contributed by atoms with Crippen LogP contribution < -0.4 is 0 Å². The van der Waals surface area contributed by atoms with E-state index in [4.69, 9.17) is 14.6 Å². The fourth-order valence-electron chi connectivity index (χ4n) is 1.36. The molecule has 0 aromatic heterocycles. The third kappa shape index (κ3) is 3.83. The molecule has 13 heavy (non-hydrogen) atoms. The molecule has 1 saturated heterocycles. The van der Waals surface area contributed by atoms with Gasteiger partial charge in [-0.2, -0.15) is 12.6 Å². The van der Waals surface area contributed by atoms with Crippen molar-refractivity contribution in [2.24, 2.45) is 0 Å². The van der Waals surface area contributed by atoms with Crippen LogP contribution in [0.5, 0.6) is 0 Å². The number of aliphatic hydroxyl groups excluding tert-OH is 2. The smallest absolute Gasteiger partial charge is 0.160 e. The number of rotatable bonds is 4. The molecule has 1 aliphatic heterocycles. The van der Waals surface area contributed by atoms with Gasteiger partial charge in [0.2, 0.25) is 0 Å². The van der Waals surface area contributed by atoms with E-state index < -0.39 is 12.4 Å². The first-order valence-corrected chi connectivity index (χ1v) is 5.06. The highest BCUT2D eigenvalue weighted by atomic mass is 32.1. The van der Waals surface area contributed by atoms with E-state index in [1.54, 1.807) is 0 Å². The minimum Gasteiger partial charge on any atom is -0.394 e. The minimum absolute atomic E-state index is 0.0716. The Morgan fingerprint density at radius 3 is 2.85 bits per heavy atom. The molecule has 0 aromatic carbocycles. The van der Waals surface area contributed by atoms with Gasteiger partial charge in [0.15, 0.2) is 6.29 Å². The van der Waals surface area contributed by atoms with Gasteiger partial charge in [-0.15, -0.1) is 0 Å². The molecule has 78 valence electrons. The summed E-state index contributed by atoms with van der Waals surface area (Å²) >= 11 is 4.00. The highest BCUT2D eigenvalue weighted by Gasteiger charge is 2.28. The zero-order chi connectivity index (χ0) is 9.68. The van der Waals surface area contributed by atoms with Crippen LogP contribution in [-0.4, -0.2) is 47.7 Å². The van der Waals surface area contributed by atoms with Crippen LogP contribution in [0.2, 0.25) is 0 Å². The third-order valence-corrected chi connectivity index (χ3v) is 2.12. The molecule has 3 atom stereocenters. The summed E-state index contributed by atoms with van der Waals surface area (Å²) in [6.07, 6.45) is -0.167. The standard InChI is InChI=1S/C8H16O4S/c9-5-7-3-6(10)4-8(12-7)11-1-2-13/h6-10,13H,1-5H2. The van der Waals surface area contributed by atoms with Gasteiger partial charge in [0.05, 0.1) is 25.4 Å². The average molecular weight is 208 g/mol. The van der Waals surface area contributed by atoms with Crippen molar-refractivity contribution in [2.45, 2.75) is 31.3 Å². The number of hydrogen-bond donors (Lipinski definition) is 3. The SMILES string of the molecule is OCC1CC(O)CC(OCCS)O1. The third-order valence-electron chi connectivity index (χ3n) is 1.94. The average Bonchev–Trinajstić information content (AvgIpc) is 2.14. The Balaban J connectivity index is 2.29. The molecular weight excluding hydrogens is 192 g/mol. The van der Waals surface area contributed by atoms with Gasteiger partial charge in [-0.1, -0.05) is 0 Å². The summed E-state index contributed by atoms with van der Waals surface area (Å²) < 4.78 is 10.6. The Labute approximate surface area is 83.3 Å². The quantitative estimate of drug-likeness (QED) is 0.560. The predicted molar refractivity (Wildman–Crippen MR) is 50.8 cm³/mol. The first-order chi connectivity index (χ1) is 6.26. The number of ether oxygens (including phenoxy) is 2. The fraction of sp³-hybridized carbons (Fsp3) is 1.00. The Bertz CT molecular complexity index is 144. The lowest BCUT2D eigenvalue weighted by molar-refractivity contribution is -0.219. The summed E-state index contributed by atoms with van der Waals surface area (Å²) in [6.45, 7) is 0.427. The van der Waals surface area contributed by atoms with Crippen LogP contribution in [0.1, 0.15) is 12.8 Å². The predicted octanol–water partition coefficient (Wildman–Crippen LogP) is -0.209. The van der Waals surface area contributed by atoms with E-state index in [1.807, 2.05) is 0 Å². The summed E-state index contributed by atoms with van der Waals surface area (Å²) in [5, 5.41) is 18.2. The van der Waals surface area contributed by atoms with Crippen molar-refractivity contribution in [3.05, 3.63) is 0 Å². The summed E-state index contributed by atoms with van der Waals surface area (Å²) in [7, 11) is 0. The van der Waals surface area contributed by atoms with Crippen LogP contribution in [0, 0.1) is 0 Å². The van der Waals surface area contributed by atoms with Gasteiger partial charge >= 0.3 is 0 Å². The van der Waals surface area contributed by atoms with E-state index in [0.29, 0.717) is 25.2 Å². The normalized spacial score (nSPS) is 34.8. The maximum atomic E-state index is 9.39. The number of thiol groups is 1. The van der Waals surface area contributed by atoms with Crippen LogP contribution in [0.15, 0.2) is 0 Å². The lowest BCUT2D eigenvalue weighted by atomic mass is 10.1. The number of aliphatic hydroxyl groups is 2. The van der Waals surface area contributed by atoms with Crippen molar-refractivity contribution in [2.75, 3.05) is 19.0 Å². The Hall–Kier alpha value is 0.190. The van der Waals surface area contributed by atoms with Crippen molar-refractivity contribution in [3.63, 3.8) is 0 Å². The Morgan fingerprint density at radius 1 is 1.46 bits per heavy atom. The van der Waals surface area contributed by atoms with Crippen molar-refractivity contribution in [1.82, 2.24) is 0 Å². The zero-order valence-electron chi connectivity index (χ0n) is 7.43. The molecule has 0 amide bonds. The minimum atomic E-state index is -0.434. The van der Waals surface area contributed by atoms with Gasteiger partial charge in [-0.05, 0) is 0 Å². The highest BCUT2D eigenvalue weighted by molar-refractivity contribution is 7.80. The molecule has 4 nitrogen and oxygen atoms in total. The highest BCUT2D eigenvalue weighted by Crippen LogP contribution is 2.20. The second-order valence-corrected chi connectivity index (χ2v) is 3.54. The molecule has 1 fully saturated rings. The summed E-state index contributed by atoms with van der Waals surface area (Å²) in [4.78, 5) is 0. The van der Waals surface area contributed by atoms with E-state index in [-0.39, 0.29) is 12.7 Å². The lowest BCUT2D eigenvalue weighted by Crippen LogP contribution is -2.39. The topological polar surface area (TPSA) is 58.9 Å². The molecule has 0 aliphatic carbocycles. The zero-order valence-corrected chi connectivity index (χ0v) is 8.32. The molecule has 0 bridgehead atoms. The molecule has 1 aliphatic rings. The summed E-state index contributed by atoms with van der Waals surface area (Å²) in [5.74, 6) is 0.625. The molecule has 0 saturated carbocycles. The van der Waals surface area contributed by atoms with E-state index >= 15 is 0 Å². The second kappa shape index (κ2) is 5.82. The van der Waals surface area contributed by atoms with Crippen LogP contribution in [0.3, 0.4) is 0 Å². The van der Waals surface area contributed by atoms with Gasteiger partial charge < -0.3 is 19.7 Å². The molecule has 0 radical (unpaired) electrons. The first kappa shape index (κ1) is 11.3. The molecule has 0 aromatic rings. The van der Waals surface area contributed by atoms with Crippen LogP contribution >= 0.6 is 12.6 Å². The van der Waals surface area contributed by atoms with Crippen molar-refractivity contribution in [3.8, 4) is 0 Å². The van der Waals surface area contributed by atoms with E-state index in [9.17, 15) is 5.11 Å². The van der Waals surface area contributed by atoms with Gasteiger partial charge in [0.1, 0.15) is 0 Å². The molecular formula is C8H16O4S. The van der Waals surface area contributed by atoms with Gasteiger partial charge in [0.25, 0.3) is 0 Å². The van der Waals surface area contributed by atoms with Gasteiger partial charge in [-0.3, -0.25) is 0 Å². The molecule has 0 spiro atoms. The van der Waals surface area contributed by atoms with E-state index in [0.717, 1.165) is 0 Å². The van der Waals surface area contributed by atoms with Gasteiger partial charge in [-0.25, -0.2) is 0 Å². The van der Waals surface area contributed by atoms with Gasteiger partial charge in [0, 0.05) is 18.6 Å². The molecule has 2 N–H and O–H groups in total. The fourth-order valence-corrected chi connectivity index (χ4v) is 1.46.